The Bertz CT molecular complexity index is 760. The van der Waals surface area contributed by atoms with Gasteiger partial charge in [0.05, 0.1) is 0 Å². The van der Waals surface area contributed by atoms with Crippen molar-refractivity contribution >= 4 is 6.16 Å². The zero-order chi connectivity index (χ0) is 15.4. The van der Waals surface area contributed by atoms with Crippen LogP contribution >= 0.6 is 0 Å². The lowest BCUT2D eigenvalue weighted by Gasteiger charge is -2.03. The summed E-state index contributed by atoms with van der Waals surface area (Å²) >= 11 is 0. The standard InChI is InChI=1S/C18H14O4/c1-13-12-16(14-8-4-2-5-9-14)21-17(13)22-18(19)20-15-10-6-3-7-11-15/h2-12H,1H3. The van der Waals surface area contributed by atoms with Crippen LogP contribution in [-0.2, 0) is 0 Å². The minimum Gasteiger partial charge on any atom is -0.425 e. The molecule has 4 nitrogen and oxygen atoms in total. The summed E-state index contributed by atoms with van der Waals surface area (Å²) < 4.78 is 15.8. The number of hydrogen-bond acceptors (Lipinski definition) is 4. The summed E-state index contributed by atoms with van der Waals surface area (Å²) in [7, 11) is 0. The molecule has 0 saturated carbocycles. The molecule has 0 spiro atoms. The molecule has 0 fully saturated rings. The van der Waals surface area contributed by atoms with E-state index in [9.17, 15) is 4.79 Å². The molecule has 1 aromatic heterocycles. The Hall–Kier alpha value is -3.01. The lowest BCUT2D eigenvalue weighted by atomic mass is 10.1. The van der Waals surface area contributed by atoms with Gasteiger partial charge in [-0.3, -0.25) is 0 Å². The van der Waals surface area contributed by atoms with Gasteiger partial charge in [-0.05, 0) is 25.1 Å². The summed E-state index contributed by atoms with van der Waals surface area (Å²) in [5, 5.41) is 0. The number of ether oxygens (including phenoxy) is 2. The van der Waals surface area contributed by atoms with E-state index in [1.807, 2.05) is 42.5 Å². The highest BCUT2D eigenvalue weighted by molar-refractivity contribution is 5.67. The van der Waals surface area contributed by atoms with Crippen molar-refractivity contribution in [1.82, 2.24) is 0 Å². The van der Waals surface area contributed by atoms with Crippen molar-refractivity contribution in [1.29, 1.82) is 0 Å². The number of aryl methyl sites for hydroxylation is 1. The van der Waals surface area contributed by atoms with Crippen molar-refractivity contribution < 1.29 is 18.7 Å². The van der Waals surface area contributed by atoms with Gasteiger partial charge in [0.15, 0.2) is 0 Å². The summed E-state index contributed by atoms with van der Waals surface area (Å²) in [4.78, 5) is 11.8. The summed E-state index contributed by atoms with van der Waals surface area (Å²) in [6, 6.07) is 20.1. The second kappa shape index (κ2) is 6.18. The summed E-state index contributed by atoms with van der Waals surface area (Å²) in [6.45, 7) is 1.81. The Morgan fingerprint density at radius 2 is 1.55 bits per heavy atom. The molecule has 22 heavy (non-hydrogen) atoms. The summed E-state index contributed by atoms with van der Waals surface area (Å²) in [5.41, 5.74) is 1.64. The maximum absolute atomic E-state index is 11.8. The second-order valence-electron chi connectivity index (χ2n) is 4.71. The van der Waals surface area contributed by atoms with Crippen LogP contribution in [0, 0.1) is 6.92 Å². The average Bonchev–Trinajstić information content (AvgIpc) is 2.90. The highest BCUT2D eigenvalue weighted by Gasteiger charge is 2.15. The molecule has 0 amide bonds. The van der Waals surface area contributed by atoms with Gasteiger partial charge in [0.25, 0.3) is 5.95 Å². The Morgan fingerprint density at radius 3 is 2.23 bits per heavy atom. The van der Waals surface area contributed by atoms with Crippen LogP contribution in [0.5, 0.6) is 11.7 Å². The third-order valence-electron chi connectivity index (χ3n) is 3.05. The number of rotatable bonds is 3. The fourth-order valence-electron chi connectivity index (χ4n) is 1.99. The van der Waals surface area contributed by atoms with Gasteiger partial charge in [-0.25, -0.2) is 4.79 Å². The van der Waals surface area contributed by atoms with Crippen LogP contribution in [0.15, 0.2) is 71.1 Å². The van der Waals surface area contributed by atoms with Crippen molar-refractivity contribution in [3.05, 3.63) is 72.3 Å². The van der Waals surface area contributed by atoms with Crippen LogP contribution in [0.4, 0.5) is 4.79 Å². The van der Waals surface area contributed by atoms with Crippen LogP contribution in [-0.4, -0.2) is 6.16 Å². The molecular weight excluding hydrogens is 280 g/mol. The zero-order valence-electron chi connectivity index (χ0n) is 12.0. The molecule has 0 aliphatic heterocycles. The number of furan rings is 1. The van der Waals surface area contributed by atoms with Gasteiger partial charge in [-0.2, -0.15) is 0 Å². The van der Waals surface area contributed by atoms with Gasteiger partial charge in [0, 0.05) is 11.1 Å². The summed E-state index contributed by atoms with van der Waals surface area (Å²) in [6.07, 6.45) is -0.830. The number of carbonyl (C=O) groups excluding carboxylic acids is 1. The Labute approximate surface area is 127 Å². The van der Waals surface area contributed by atoms with Crippen LogP contribution in [0.25, 0.3) is 11.3 Å². The molecule has 2 aromatic carbocycles. The molecule has 110 valence electrons. The molecule has 0 saturated heterocycles. The van der Waals surface area contributed by atoms with Gasteiger partial charge in [0.2, 0.25) is 0 Å². The molecule has 1 heterocycles. The molecule has 3 aromatic rings. The van der Waals surface area contributed by atoms with Crippen LogP contribution in [0.2, 0.25) is 0 Å². The first kappa shape index (κ1) is 13.9. The van der Waals surface area contributed by atoms with Crippen molar-refractivity contribution in [3.8, 4) is 23.0 Å². The molecule has 3 rings (SSSR count). The highest BCUT2D eigenvalue weighted by atomic mass is 16.8. The number of benzene rings is 2. The lowest BCUT2D eigenvalue weighted by Crippen LogP contribution is -2.13. The van der Waals surface area contributed by atoms with E-state index in [0.717, 1.165) is 11.1 Å². The van der Waals surface area contributed by atoms with Crippen molar-refractivity contribution in [2.45, 2.75) is 6.92 Å². The quantitative estimate of drug-likeness (QED) is 0.512. The molecule has 0 N–H and O–H groups in total. The average molecular weight is 294 g/mol. The maximum atomic E-state index is 11.8. The van der Waals surface area contributed by atoms with Crippen molar-refractivity contribution in [3.63, 3.8) is 0 Å². The van der Waals surface area contributed by atoms with E-state index in [-0.39, 0.29) is 5.95 Å². The van der Waals surface area contributed by atoms with Gasteiger partial charge in [-0.15, -0.1) is 0 Å². The zero-order valence-corrected chi connectivity index (χ0v) is 12.0. The molecular formula is C18H14O4. The van der Waals surface area contributed by atoms with Gasteiger partial charge in [0.1, 0.15) is 11.5 Å². The van der Waals surface area contributed by atoms with Gasteiger partial charge >= 0.3 is 6.16 Å². The Balaban J connectivity index is 1.73. The highest BCUT2D eigenvalue weighted by Crippen LogP contribution is 2.30. The van der Waals surface area contributed by atoms with E-state index < -0.39 is 6.16 Å². The van der Waals surface area contributed by atoms with E-state index >= 15 is 0 Å². The molecule has 0 aliphatic rings. The SMILES string of the molecule is Cc1cc(-c2ccccc2)oc1OC(=O)Oc1ccccc1. The monoisotopic (exact) mass is 294 g/mol. The molecule has 0 atom stereocenters. The predicted molar refractivity (Wildman–Crippen MR) is 82.0 cm³/mol. The fraction of sp³-hybridized carbons (Fsp3) is 0.0556. The Kier molecular flexibility index (Phi) is 3.92. The van der Waals surface area contributed by atoms with E-state index in [2.05, 4.69) is 0 Å². The van der Waals surface area contributed by atoms with Crippen LogP contribution in [0.1, 0.15) is 5.56 Å². The third-order valence-corrected chi connectivity index (χ3v) is 3.05. The normalized spacial score (nSPS) is 10.2. The van der Waals surface area contributed by atoms with Crippen molar-refractivity contribution in [2.75, 3.05) is 0 Å². The minimum atomic E-state index is -0.830. The van der Waals surface area contributed by atoms with E-state index in [0.29, 0.717) is 11.5 Å². The number of hydrogen-bond donors (Lipinski definition) is 0. The number of carbonyl (C=O) groups is 1. The first-order valence-electron chi connectivity index (χ1n) is 6.83. The maximum Gasteiger partial charge on any atom is 0.521 e. The minimum absolute atomic E-state index is 0.139. The van der Waals surface area contributed by atoms with Crippen LogP contribution in [0.3, 0.4) is 0 Å². The van der Waals surface area contributed by atoms with E-state index in [1.54, 1.807) is 31.2 Å². The first-order chi connectivity index (χ1) is 10.7. The molecule has 0 unspecified atom stereocenters. The fourth-order valence-corrected chi connectivity index (χ4v) is 1.99. The molecule has 4 heteroatoms. The molecule has 0 aliphatic carbocycles. The molecule has 0 bridgehead atoms. The smallest absolute Gasteiger partial charge is 0.425 e. The van der Waals surface area contributed by atoms with Gasteiger partial charge < -0.3 is 13.9 Å². The van der Waals surface area contributed by atoms with E-state index in [4.69, 9.17) is 13.9 Å². The Morgan fingerprint density at radius 1 is 0.909 bits per heavy atom. The molecule has 0 radical (unpaired) electrons. The van der Waals surface area contributed by atoms with Gasteiger partial charge in [-0.1, -0.05) is 48.5 Å². The predicted octanol–water partition coefficient (Wildman–Crippen LogP) is 4.83. The van der Waals surface area contributed by atoms with Crippen LogP contribution < -0.4 is 9.47 Å². The van der Waals surface area contributed by atoms with E-state index in [1.165, 1.54) is 0 Å². The summed E-state index contributed by atoms with van der Waals surface area (Å²) in [5.74, 6) is 1.19. The second-order valence-corrected chi connectivity index (χ2v) is 4.71. The largest absolute Gasteiger partial charge is 0.521 e. The topological polar surface area (TPSA) is 48.7 Å². The third kappa shape index (κ3) is 3.17. The number of para-hydroxylation sites is 1. The van der Waals surface area contributed by atoms with Crippen molar-refractivity contribution in [2.24, 2.45) is 0 Å². The lowest BCUT2D eigenvalue weighted by molar-refractivity contribution is 0.140. The first-order valence-corrected chi connectivity index (χ1v) is 6.83.